The molecule has 0 radical (unpaired) electrons. The van der Waals surface area contributed by atoms with Crippen LogP contribution in [0, 0.1) is 51.2 Å². The molecular weight excluding hydrogens is 364 g/mol. The minimum atomic E-state index is -0.0288. The molecule has 0 aromatic rings. The summed E-state index contributed by atoms with van der Waals surface area (Å²) in [6.45, 7) is 14.9. The topological polar surface area (TPSA) is 20.2 Å². The predicted molar refractivity (Wildman–Crippen MR) is 126 cm³/mol. The maximum absolute atomic E-state index is 10.4. The van der Waals surface area contributed by atoms with Crippen LogP contribution in [0.1, 0.15) is 99.3 Å². The van der Waals surface area contributed by atoms with E-state index < -0.39 is 0 Å². The van der Waals surface area contributed by atoms with E-state index in [4.69, 9.17) is 0 Å². The van der Waals surface area contributed by atoms with E-state index in [9.17, 15) is 5.11 Å². The Morgan fingerprint density at radius 1 is 0.967 bits per heavy atom. The summed E-state index contributed by atoms with van der Waals surface area (Å²) in [5.74, 6) is 3.70. The third-order valence-corrected chi connectivity index (χ3v) is 11.9. The zero-order valence-electron chi connectivity index (χ0n) is 20.5. The summed E-state index contributed by atoms with van der Waals surface area (Å²) in [5, 5.41) is 10.4. The lowest BCUT2D eigenvalue weighted by molar-refractivity contribution is -0.0294. The number of hydrogen-bond donors (Lipinski definition) is 1. The molecule has 0 spiro atoms. The number of fused-ring (bicyclic) bond motifs is 3. The van der Waals surface area contributed by atoms with Crippen molar-refractivity contribution in [1.29, 1.82) is 0 Å². The zero-order valence-corrected chi connectivity index (χ0v) is 20.5. The lowest BCUT2D eigenvalue weighted by atomic mass is 9.47. The van der Waals surface area contributed by atoms with Gasteiger partial charge in [-0.2, -0.15) is 0 Å². The van der Waals surface area contributed by atoms with Crippen LogP contribution < -0.4 is 0 Å². The minimum Gasteiger partial charge on any atom is -0.393 e. The molecule has 5 aliphatic carbocycles. The van der Waals surface area contributed by atoms with Crippen LogP contribution in [0.25, 0.3) is 0 Å². The van der Waals surface area contributed by atoms with Crippen LogP contribution in [-0.4, -0.2) is 11.2 Å². The van der Waals surface area contributed by atoms with Crippen molar-refractivity contribution in [2.75, 3.05) is 0 Å². The molecule has 9 atom stereocenters. The van der Waals surface area contributed by atoms with Crippen molar-refractivity contribution < 1.29 is 5.11 Å². The summed E-state index contributed by atoms with van der Waals surface area (Å²) in [4.78, 5) is 0. The minimum absolute atomic E-state index is 0.0288. The highest BCUT2D eigenvalue weighted by Crippen LogP contribution is 2.83. The lowest BCUT2D eigenvalue weighted by Crippen LogP contribution is -2.50. The molecular formula is C29H46O. The Morgan fingerprint density at radius 3 is 2.47 bits per heavy atom. The van der Waals surface area contributed by atoms with E-state index in [2.05, 4.69) is 59.8 Å². The Morgan fingerprint density at radius 2 is 1.73 bits per heavy atom. The van der Waals surface area contributed by atoms with Gasteiger partial charge in [0.25, 0.3) is 0 Å². The van der Waals surface area contributed by atoms with Crippen molar-refractivity contribution in [1.82, 2.24) is 0 Å². The van der Waals surface area contributed by atoms with Crippen LogP contribution in [0.4, 0.5) is 0 Å². The van der Waals surface area contributed by atoms with E-state index in [1.165, 1.54) is 44.9 Å². The molecule has 0 amide bonds. The second-order valence-corrected chi connectivity index (χ2v) is 13.2. The fraction of sp³-hybridized carbons (Fsp3) is 0.862. The Balaban J connectivity index is 1.42. The lowest BCUT2D eigenvalue weighted by Gasteiger charge is -2.57. The average molecular weight is 411 g/mol. The van der Waals surface area contributed by atoms with Crippen LogP contribution in [0.5, 0.6) is 0 Å². The van der Waals surface area contributed by atoms with E-state index in [-0.39, 0.29) is 6.10 Å². The molecule has 5 aliphatic rings. The van der Waals surface area contributed by atoms with Crippen molar-refractivity contribution in [2.24, 2.45) is 51.2 Å². The third-order valence-electron chi connectivity index (χ3n) is 11.9. The van der Waals surface area contributed by atoms with Gasteiger partial charge in [0, 0.05) is 0 Å². The van der Waals surface area contributed by atoms with Gasteiger partial charge in [-0.3, -0.25) is 0 Å². The summed E-state index contributed by atoms with van der Waals surface area (Å²) in [6, 6.07) is 0. The molecule has 4 saturated carbocycles. The molecule has 5 rings (SSSR count). The first-order chi connectivity index (χ1) is 14.1. The molecule has 0 aromatic heterocycles. The number of rotatable bonds is 4. The van der Waals surface area contributed by atoms with Gasteiger partial charge in [0.15, 0.2) is 0 Å². The Hall–Kier alpha value is -0.560. The second kappa shape index (κ2) is 6.72. The maximum atomic E-state index is 10.4. The zero-order chi connectivity index (χ0) is 21.5. The fourth-order valence-corrected chi connectivity index (χ4v) is 9.32. The first-order valence-electron chi connectivity index (χ1n) is 13.2. The third kappa shape index (κ3) is 2.63. The van der Waals surface area contributed by atoms with Gasteiger partial charge in [0.05, 0.1) is 6.10 Å². The molecule has 0 heterocycles. The van der Waals surface area contributed by atoms with Crippen LogP contribution in [0.15, 0.2) is 23.8 Å². The summed E-state index contributed by atoms with van der Waals surface area (Å²) < 4.78 is 0. The molecule has 0 bridgehead atoms. The van der Waals surface area contributed by atoms with Gasteiger partial charge in [0.2, 0.25) is 0 Å². The summed E-state index contributed by atoms with van der Waals surface area (Å²) in [7, 11) is 0. The Labute approximate surface area is 185 Å². The van der Waals surface area contributed by atoms with Crippen molar-refractivity contribution >= 4 is 0 Å². The van der Waals surface area contributed by atoms with Crippen LogP contribution in [0.2, 0.25) is 0 Å². The molecule has 1 N–H and O–H groups in total. The van der Waals surface area contributed by atoms with E-state index in [1.807, 2.05) is 5.57 Å². The smallest absolute Gasteiger partial charge is 0.0546 e. The van der Waals surface area contributed by atoms with E-state index in [0.717, 1.165) is 30.6 Å². The van der Waals surface area contributed by atoms with E-state index in [0.29, 0.717) is 33.5 Å². The largest absolute Gasteiger partial charge is 0.393 e. The first kappa shape index (κ1) is 21.3. The predicted octanol–water partition coefficient (Wildman–Crippen LogP) is 7.55. The number of aliphatic hydroxyl groups excluding tert-OH is 1. The highest BCUT2D eigenvalue weighted by atomic mass is 16.3. The van der Waals surface area contributed by atoms with Crippen molar-refractivity contribution in [3.63, 3.8) is 0 Å². The Kier molecular flexibility index (Phi) is 4.77. The SMILES string of the molecule is CC(C)C(C)C=CC(C)C1CCC2(C)C3CCC45CC(O)CCC4(C5)C3=CCC12C. The van der Waals surface area contributed by atoms with Gasteiger partial charge in [0.1, 0.15) is 0 Å². The Bertz CT molecular complexity index is 758. The van der Waals surface area contributed by atoms with Gasteiger partial charge < -0.3 is 5.11 Å². The van der Waals surface area contributed by atoms with Gasteiger partial charge in [-0.15, -0.1) is 0 Å². The maximum Gasteiger partial charge on any atom is 0.0546 e. The van der Waals surface area contributed by atoms with Crippen LogP contribution in [-0.2, 0) is 0 Å². The summed E-state index contributed by atoms with van der Waals surface area (Å²) in [5.41, 5.74) is 3.75. The van der Waals surface area contributed by atoms with Gasteiger partial charge in [-0.25, -0.2) is 0 Å². The highest BCUT2D eigenvalue weighted by Gasteiger charge is 2.75. The second-order valence-electron chi connectivity index (χ2n) is 13.2. The molecule has 1 heteroatoms. The number of aliphatic hydroxyl groups is 1. The normalized spacial score (nSPS) is 51.6. The van der Waals surface area contributed by atoms with Crippen LogP contribution >= 0.6 is 0 Å². The van der Waals surface area contributed by atoms with E-state index >= 15 is 0 Å². The average Bonchev–Trinajstić information content (AvgIpc) is 3.30. The molecule has 30 heavy (non-hydrogen) atoms. The fourth-order valence-electron chi connectivity index (χ4n) is 9.32. The molecule has 9 unspecified atom stereocenters. The molecule has 1 nitrogen and oxygen atoms in total. The molecule has 0 saturated heterocycles. The highest BCUT2D eigenvalue weighted by molar-refractivity contribution is 5.41. The van der Waals surface area contributed by atoms with Gasteiger partial charge in [-0.05, 0) is 109 Å². The van der Waals surface area contributed by atoms with Crippen LogP contribution in [0.3, 0.4) is 0 Å². The van der Waals surface area contributed by atoms with Crippen molar-refractivity contribution in [3.8, 4) is 0 Å². The molecule has 0 aromatic carbocycles. The molecule has 4 fully saturated rings. The molecule has 0 aliphatic heterocycles. The molecule has 168 valence electrons. The number of allylic oxidation sites excluding steroid dienone is 4. The van der Waals surface area contributed by atoms with Gasteiger partial charge >= 0.3 is 0 Å². The summed E-state index contributed by atoms with van der Waals surface area (Å²) in [6.07, 6.45) is 19.5. The van der Waals surface area contributed by atoms with Crippen molar-refractivity contribution in [3.05, 3.63) is 23.8 Å². The van der Waals surface area contributed by atoms with E-state index in [1.54, 1.807) is 0 Å². The monoisotopic (exact) mass is 410 g/mol. The first-order valence-corrected chi connectivity index (χ1v) is 13.2. The number of hydrogen-bond acceptors (Lipinski definition) is 1. The summed E-state index contributed by atoms with van der Waals surface area (Å²) >= 11 is 0. The van der Waals surface area contributed by atoms with Crippen molar-refractivity contribution in [2.45, 2.75) is 105 Å². The van der Waals surface area contributed by atoms with Gasteiger partial charge in [-0.1, -0.05) is 65.3 Å². The quantitative estimate of drug-likeness (QED) is 0.474. The standard InChI is InChI=1S/C29H46O/c1-19(2)20(3)7-8-21(4)23-10-13-27(6)24-12-15-28-17-22(30)9-16-29(28,18-28)25(24)11-14-26(23,27)5/h7-8,11,19-24,30H,9-10,12-18H2,1-6H3.